The van der Waals surface area contributed by atoms with Gasteiger partial charge in [-0.3, -0.25) is 14.9 Å². The number of aromatic nitrogens is 2. The number of nitro benzene ring substituents is 1. The normalized spacial score (nSPS) is 14.4. The number of ether oxygens (including phenoxy) is 1. The third-order valence-corrected chi connectivity index (χ3v) is 5.74. The summed E-state index contributed by atoms with van der Waals surface area (Å²) < 4.78 is 6.77. The van der Waals surface area contributed by atoms with E-state index in [0.29, 0.717) is 17.2 Å². The van der Waals surface area contributed by atoms with Gasteiger partial charge in [0.25, 0.3) is 11.6 Å². The van der Waals surface area contributed by atoms with E-state index < -0.39 is 4.92 Å². The highest BCUT2D eigenvalue weighted by Gasteiger charge is 2.24. The average Bonchev–Trinajstić information content (AvgIpc) is 3.30. The van der Waals surface area contributed by atoms with Crippen molar-refractivity contribution >= 4 is 11.6 Å². The Labute approximate surface area is 180 Å². The van der Waals surface area contributed by atoms with Crippen LogP contribution in [0.25, 0.3) is 5.69 Å². The number of non-ortho nitro benzene ring substituents is 1. The van der Waals surface area contributed by atoms with E-state index in [1.807, 2.05) is 17.0 Å². The molecule has 0 radical (unpaired) electrons. The first-order chi connectivity index (χ1) is 15.0. The van der Waals surface area contributed by atoms with Gasteiger partial charge in [-0.1, -0.05) is 12.1 Å². The zero-order valence-electron chi connectivity index (χ0n) is 17.3. The van der Waals surface area contributed by atoms with Crippen LogP contribution >= 0.6 is 0 Å². The maximum atomic E-state index is 12.9. The van der Waals surface area contributed by atoms with E-state index in [9.17, 15) is 14.9 Å². The zero-order chi connectivity index (χ0) is 21.8. The second-order valence-electron chi connectivity index (χ2n) is 7.73. The molecule has 0 saturated carbocycles. The van der Waals surface area contributed by atoms with Crippen molar-refractivity contribution in [2.24, 2.45) is 5.92 Å². The molecule has 2 aromatic carbocycles. The standard InChI is InChI=1S/C23H24N4O4/c1-31-22-8-2-17(3-9-22)14-18-10-12-25(13-11-18)23(28)19-15-24-26(16-19)20-4-6-21(7-5-20)27(29)30/h2-9,15-16,18H,10-14H2,1H3. The van der Waals surface area contributed by atoms with Gasteiger partial charge in [-0.05, 0) is 55.0 Å². The van der Waals surface area contributed by atoms with Crippen molar-refractivity contribution in [2.75, 3.05) is 20.2 Å². The summed E-state index contributed by atoms with van der Waals surface area (Å²) in [4.78, 5) is 25.1. The van der Waals surface area contributed by atoms with E-state index in [1.54, 1.807) is 36.3 Å². The van der Waals surface area contributed by atoms with E-state index in [0.717, 1.165) is 38.1 Å². The van der Waals surface area contributed by atoms with Crippen molar-refractivity contribution in [1.29, 1.82) is 0 Å². The Hall–Kier alpha value is -3.68. The molecule has 0 aliphatic carbocycles. The molecule has 0 atom stereocenters. The first-order valence-corrected chi connectivity index (χ1v) is 10.2. The number of rotatable bonds is 6. The Morgan fingerprint density at radius 1 is 1.13 bits per heavy atom. The van der Waals surface area contributed by atoms with Crippen LogP contribution in [0, 0.1) is 16.0 Å². The second-order valence-corrected chi connectivity index (χ2v) is 7.73. The second kappa shape index (κ2) is 8.99. The summed E-state index contributed by atoms with van der Waals surface area (Å²) in [6.45, 7) is 1.45. The van der Waals surface area contributed by atoms with Crippen molar-refractivity contribution < 1.29 is 14.5 Å². The predicted molar refractivity (Wildman–Crippen MR) is 116 cm³/mol. The quantitative estimate of drug-likeness (QED) is 0.446. The first-order valence-electron chi connectivity index (χ1n) is 10.2. The maximum Gasteiger partial charge on any atom is 0.269 e. The number of hydrogen-bond acceptors (Lipinski definition) is 5. The van der Waals surface area contributed by atoms with Crippen LogP contribution in [0.5, 0.6) is 5.75 Å². The van der Waals surface area contributed by atoms with Gasteiger partial charge in [-0.2, -0.15) is 5.10 Å². The van der Waals surface area contributed by atoms with Crippen molar-refractivity contribution in [3.63, 3.8) is 0 Å². The summed E-state index contributed by atoms with van der Waals surface area (Å²) in [6, 6.07) is 14.2. The highest BCUT2D eigenvalue weighted by Crippen LogP contribution is 2.24. The van der Waals surface area contributed by atoms with Crippen LogP contribution in [0.1, 0.15) is 28.8 Å². The number of hydrogen-bond donors (Lipinski definition) is 0. The van der Waals surface area contributed by atoms with E-state index in [2.05, 4.69) is 17.2 Å². The molecule has 1 saturated heterocycles. The van der Waals surface area contributed by atoms with Gasteiger partial charge in [-0.15, -0.1) is 0 Å². The van der Waals surface area contributed by atoms with Crippen LogP contribution in [0.3, 0.4) is 0 Å². The van der Waals surface area contributed by atoms with Gasteiger partial charge in [0.15, 0.2) is 0 Å². The van der Waals surface area contributed by atoms with Gasteiger partial charge < -0.3 is 9.64 Å². The number of methoxy groups -OCH3 is 1. The molecular weight excluding hydrogens is 396 g/mol. The summed E-state index contributed by atoms with van der Waals surface area (Å²) in [5.41, 5.74) is 2.49. The number of amides is 1. The number of carbonyl (C=O) groups excluding carboxylic acids is 1. The average molecular weight is 420 g/mol. The fourth-order valence-corrected chi connectivity index (χ4v) is 3.92. The molecule has 0 unspecified atom stereocenters. The van der Waals surface area contributed by atoms with E-state index in [1.165, 1.54) is 17.7 Å². The minimum absolute atomic E-state index is 0.0183. The summed E-state index contributed by atoms with van der Waals surface area (Å²) in [7, 11) is 1.66. The van der Waals surface area contributed by atoms with Gasteiger partial charge in [-0.25, -0.2) is 4.68 Å². The van der Waals surface area contributed by atoms with Crippen molar-refractivity contribution in [3.05, 3.63) is 82.2 Å². The summed E-state index contributed by atoms with van der Waals surface area (Å²) in [5, 5.41) is 15.0. The maximum absolute atomic E-state index is 12.9. The Morgan fingerprint density at radius 3 is 2.42 bits per heavy atom. The lowest BCUT2D eigenvalue weighted by Gasteiger charge is -2.32. The SMILES string of the molecule is COc1ccc(CC2CCN(C(=O)c3cnn(-c4ccc([N+](=O)[O-])cc4)c3)CC2)cc1. The molecule has 0 spiro atoms. The lowest BCUT2D eigenvalue weighted by Crippen LogP contribution is -2.38. The molecule has 0 bridgehead atoms. The number of likely N-dealkylation sites (tertiary alicyclic amines) is 1. The number of carbonyl (C=O) groups is 1. The minimum atomic E-state index is -0.444. The van der Waals surface area contributed by atoms with Gasteiger partial charge in [0.2, 0.25) is 0 Å². The molecule has 1 aliphatic heterocycles. The van der Waals surface area contributed by atoms with Crippen LogP contribution in [0.15, 0.2) is 60.9 Å². The molecule has 160 valence electrons. The van der Waals surface area contributed by atoms with E-state index >= 15 is 0 Å². The van der Waals surface area contributed by atoms with Crippen molar-refractivity contribution in [1.82, 2.24) is 14.7 Å². The third-order valence-electron chi connectivity index (χ3n) is 5.74. The fraction of sp³-hybridized carbons (Fsp3) is 0.304. The number of nitrogens with zero attached hydrogens (tertiary/aromatic N) is 4. The molecule has 1 amide bonds. The van der Waals surface area contributed by atoms with Gasteiger partial charge in [0.05, 0.1) is 29.5 Å². The summed E-state index contributed by atoms with van der Waals surface area (Å²) in [5.74, 6) is 1.38. The van der Waals surface area contributed by atoms with Gasteiger partial charge >= 0.3 is 0 Å². The Morgan fingerprint density at radius 2 is 1.81 bits per heavy atom. The van der Waals surface area contributed by atoms with Gasteiger partial charge in [0, 0.05) is 31.4 Å². The Balaban J connectivity index is 1.34. The lowest BCUT2D eigenvalue weighted by atomic mass is 9.90. The predicted octanol–water partition coefficient (Wildman–Crippen LogP) is 3.88. The molecule has 8 heteroatoms. The van der Waals surface area contributed by atoms with Crippen molar-refractivity contribution in [3.8, 4) is 11.4 Å². The van der Waals surface area contributed by atoms with Crippen LogP contribution in [0.4, 0.5) is 5.69 Å². The largest absolute Gasteiger partial charge is 0.497 e. The van der Waals surface area contributed by atoms with Crippen LogP contribution in [0.2, 0.25) is 0 Å². The molecular formula is C23H24N4O4. The molecule has 4 rings (SSSR count). The molecule has 1 fully saturated rings. The molecule has 31 heavy (non-hydrogen) atoms. The van der Waals surface area contributed by atoms with Crippen molar-refractivity contribution in [2.45, 2.75) is 19.3 Å². The summed E-state index contributed by atoms with van der Waals surface area (Å²) in [6.07, 6.45) is 6.16. The highest BCUT2D eigenvalue weighted by molar-refractivity contribution is 5.93. The molecule has 1 aromatic heterocycles. The molecule has 8 nitrogen and oxygen atoms in total. The molecule has 0 N–H and O–H groups in total. The van der Waals surface area contributed by atoms with Crippen LogP contribution in [-0.2, 0) is 6.42 Å². The third kappa shape index (κ3) is 4.74. The summed E-state index contributed by atoms with van der Waals surface area (Å²) >= 11 is 0. The molecule has 2 heterocycles. The lowest BCUT2D eigenvalue weighted by molar-refractivity contribution is -0.384. The Kier molecular flexibility index (Phi) is 5.97. The van der Waals surface area contributed by atoms with Crippen LogP contribution < -0.4 is 4.74 Å². The number of nitro groups is 1. The zero-order valence-corrected chi connectivity index (χ0v) is 17.3. The first kappa shape index (κ1) is 20.6. The van der Waals surface area contributed by atoms with E-state index in [-0.39, 0.29) is 11.6 Å². The molecule has 1 aliphatic rings. The number of piperidine rings is 1. The smallest absolute Gasteiger partial charge is 0.269 e. The topological polar surface area (TPSA) is 90.5 Å². The minimum Gasteiger partial charge on any atom is -0.497 e. The highest BCUT2D eigenvalue weighted by atomic mass is 16.6. The number of benzene rings is 2. The van der Waals surface area contributed by atoms with Gasteiger partial charge in [0.1, 0.15) is 5.75 Å². The van der Waals surface area contributed by atoms with Crippen LogP contribution in [-0.4, -0.2) is 45.7 Å². The molecule has 3 aromatic rings. The van der Waals surface area contributed by atoms with E-state index in [4.69, 9.17) is 4.74 Å². The monoisotopic (exact) mass is 420 g/mol. The fourth-order valence-electron chi connectivity index (χ4n) is 3.92. The Bertz CT molecular complexity index is 1050.